The maximum atomic E-state index is 11.8. The van der Waals surface area contributed by atoms with Crippen molar-refractivity contribution in [1.29, 1.82) is 0 Å². The predicted octanol–water partition coefficient (Wildman–Crippen LogP) is 2.00. The second kappa shape index (κ2) is 4.63. The number of nitrogens with zero attached hydrogens (tertiary/aromatic N) is 2. The van der Waals surface area contributed by atoms with Crippen LogP contribution in [0.2, 0.25) is 0 Å². The summed E-state index contributed by atoms with van der Waals surface area (Å²) in [7, 11) is -3.33. The summed E-state index contributed by atoms with van der Waals surface area (Å²) >= 11 is 1.18. The van der Waals surface area contributed by atoms with Gasteiger partial charge in [0.25, 0.3) is 0 Å². The zero-order valence-corrected chi connectivity index (χ0v) is 13.4. The van der Waals surface area contributed by atoms with E-state index in [1.54, 1.807) is 0 Å². The third-order valence-corrected chi connectivity index (χ3v) is 5.92. The Morgan fingerprint density at radius 3 is 2.53 bits per heavy atom. The van der Waals surface area contributed by atoms with Crippen LogP contribution in [-0.2, 0) is 9.84 Å². The van der Waals surface area contributed by atoms with Crippen molar-refractivity contribution in [3.05, 3.63) is 0 Å². The number of nitrogen functional groups attached to an aromatic ring is 1. The molecule has 7 heteroatoms. The van der Waals surface area contributed by atoms with Gasteiger partial charge in [-0.1, -0.05) is 20.8 Å². The monoisotopic (exact) mass is 303 g/mol. The van der Waals surface area contributed by atoms with Gasteiger partial charge in [-0.15, -0.1) is 0 Å². The maximum absolute atomic E-state index is 11.8. The quantitative estimate of drug-likeness (QED) is 0.904. The van der Waals surface area contributed by atoms with Gasteiger partial charge in [0.15, 0.2) is 15.7 Å². The van der Waals surface area contributed by atoms with Crippen LogP contribution in [-0.4, -0.2) is 32.1 Å². The summed E-state index contributed by atoms with van der Waals surface area (Å²) in [6.07, 6.45) is 2.26. The summed E-state index contributed by atoms with van der Waals surface area (Å²) in [6, 6.07) is 0. The Kier molecular flexibility index (Phi) is 3.55. The average molecular weight is 303 g/mol. The Bertz CT molecular complexity index is 572. The molecule has 1 unspecified atom stereocenters. The first kappa shape index (κ1) is 14.6. The molecule has 0 spiro atoms. The third kappa shape index (κ3) is 2.86. The van der Waals surface area contributed by atoms with Crippen LogP contribution in [0, 0.1) is 11.3 Å². The van der Waals surface area contributed by atoms with Gasteiger partial charge >= 0.3 is 0 Å². The fourth-order valence-corrected chi connectivity index (χ4v) is 4.73. The SMILES string of the molecule is CC(C)(C)C1CCN(c2snc(N)c2S(C)(=O)=O)C1. The second-order valence-electron chi connectivity index (χ2n) is 6.27. The summed E-state index contributed by atoms with van der Waals surface area (Å²) in [5.41, 5.74) is 5.94. The number of hydrogen-bond donors (Lipinski definition) is 1. The number of aromatic nitrogens is 1. The number of nitrogens with two attached hydrogens (primary N) is 1. The highest BCUT2D eigenvalue weighted by Gasteiger charge is 2.35. The minimum atomic E-state index is -3.33. The molecule has 2 heterocycles. The Morgan fingerprint density at radius 2 is 2.05 bits per heavy atom. The normalized spacial score (nSPS) is 21.1. The van der Waals surface area contributed by atoms with E-state index in [-0.39, 0.29) is 16.1 Å². The fourth-order valence-electron chi connectivity index (χ4n) is 2.49. The molecule has 0 saturated carbocycles. The zero-order chi connectivity index (χ0) is 14.4. The van der Waals surface area contributed by atoms with Gasteiger partial charge < -0.3 is 10.6 Å². The van der Waals surface area contributed by atoms with Crippen molar-refractivity contribution < 1.29 is 8.42 Å². The number of hydrogen-bond acceptors (Lipinski definition) is 6. The van der Waals surface area contributed by atoms with Crippen molar-refractivity contribution in [3.63, 3.8) is 0 Å². The van der Waals surface area contributed by atoms with Crippen LogP contribution < -0.4 is 10.6 Å². The molecule has 1 aliphatic rings. The Labute approximate surface area is 118 Å². The summed E-state index contributed by atoms with van der Waals surface area (Å²) in [4.78, 5) is 2.31. The molecule has 1 aliphatic heterocycles. The minimum Gasteiger partial charge on any atom is -0.382 e. The lowest BCUT2D eigenvalue weighted by atomic mass is 9.80. The molecule has 0 bridgehead atoms. The fraction of sp³-hybridized carbons (Fsp3) is 0.750. The van der Waals surface area contributed by atoms with E-state index in [4.69, 9.17) is 5.73 Å². The van der Waals surface area contributed by atoms with Crippen molar-refractivity contribution in [2.75, 3.05) is 30.0 Å². The first-order valence-corrected chi connectivity index (χ1v) is 8.97. The van der Waals surface area contributed by atoms with Gasteiger partial charge in [-0.2, -0.15) is 4.37 Å². The molecule has 0 aromatic carbocycles. The lowest BCUT2D eigenvalue weighted by Crippen LogP contribution is -2.26. The van der Waals surface area contributed by atoms with Gasteiger partial charge in [-0.05, 0) is 29.3 Å². The van der Waals surface area contributed by atoms with Crippen LogP contribution in [0.4, 0.5) is 10.8 Å². The molecule has 1 fully saturated rings. The molecule has 0 aliphatic carbocycles. The number of sulfone groups is 1. The van der Waals surface area contributed by atoms with Crippen LogP contribution in [0.5, 0.6) is 0 Å². The van der Waals surface area contributed by atoms with Gasteiger partial charge in [-0.25, -0.2) is 8.42 Å². The lowest BCUT2D eigenvalue weighted by molar-refractivity contribution is 0.263. The van der Waals surface area contributed by atoms with E-state index in [1.807, 2.05) is 0 Å². The van der Waals surface area contributed by atoms with E-state index in [0.717, 1.165) is 19.5 Å². The molecule has 0 radical (unpaired) electrons. The molecule has 1 atom stereocenters. The number of anilines is 2. The smallest absolute Gasteiger partial charge is 0.182 e. The molecule has 108 valence electrons. The highest BCUT2D eigenvalue weighted by atomic mass is 32.2. The van der Waals surface area contributed by atoms with E-state index < -0.39 is 9.84 Å². The molecule has 1 saturated heterocycles. The van der Waals surface area contributed by atoms with Gasteiger partial charge in [0.05, 0.1) is 0 Å². The summed E-state index contributed by atoms with van der Waals surface area (Å²) in [6.45, 7) is 8.40. The minimum absolute atomic E-state index is 0.127. The third-order valence-electron chi connectivity index (χ3n) is 3.73. The molecule has 5 nitrogen and oxygen atoms in total. The van der Waals surface area contributed by atoms with E-state index in [9.17, 15) is 8.42 Å². The molecule has 2 rings (SSSR count). The van der Waals surface area contributed by atoms with Crippen molar-refractivity contribution in [3.8, 4) is 0 Å². The first-order chi connectivity index (χ1) is 8.60. The van der Waals surface area contributed by atoms with Crippen LogP contribution in [0.1, 0.15) is 27.2 Å². The lowest BCUT2D eigenvalue weighted by Gasteiger charge is -2.27. The first-order valence-electron chi connectivity index (χ1n) is 6.31. The molecular weight excluding hydrogens is 282 g/mol. The summed E-state index contributed by atoms with van der Waals surface area (Å²) < 4.78 is 27.7. The largest absolute Gasteiger partial charge is 0.382 e. The average Bonchev–Trinajstić information content (AvgIpc) is 2.79. The van der Waals surface area contributed by atoms with Gasteiger partial charge in [0.2, 0.25) is 0 Å². The van der Waals surface area contributed by atoms with E-state index in [2.05, 4.69) is 30.0 Å². The van der Waals surface area contributed by atoms with Crippen molar-refractivity contribution in [1.82, 2.24) is 4.37 Å². The molecule has 0 amide bonds. The number of rotatable bonds is 2. The highest BCUT2D eigenvalue weighted by Crippen LogP contribution is 2.41. The Hall–Kier alpha value is -0.820. The van der Waals surface area contributed by atoms with Crippen LogP contribution in [0.3, 0.4) is 0 Å². The molecular formula is C12H21N3O2S2. The summed E-state index contributed by atoms with van der Waals surface area (Å²) in [5, 5.41) is 0.701. The van der Waals surface area contributed by atoms with Crippen LogP contribution in [0.15, 0.2) is 4.90 Å². The molecule has 2 N–H and O–H groups in total. The van der Waals surface area contributed by atoms with Crippen LogP contribution >= 0.6 is 11.5 Å². The Morgan fingerprint density at radius 1 is 1.42 bits per heavy atom. The molecule has 1 aromatic rings. The standard InChI is InChI=1S/C12H21N3O2S2/c1-12(2,3)8-5-6-15(7-8)11-9(19(4,16)17)10(13)14-18-11/h8H,5-7H2,1-4H3,(H2,13,14). The summed E-state index contributed by atoms with van der Waals surface area (Å²) in [5.74, 6) is 0.685. The van der Waals surface area contributed by atoms with Crippen molar-refractivity contribution >= 4 is 32.2 Å². The predicted molar refractivity (Wildman–Crippen MR) is 79.4 cm³/mol. The van der Waals surface area contributed by atoms with E-state index in [0.29, 0.717) is 10.9 Å². The topological polar surface area (TPSA) is 76.3 Å². The molecule has 1 aromatic heterocycles. The van der Waals surface area contributed by atoms with E-state index in [1.165, 1.54) is 17.8 Å². The van der Waals surface area contributed by atoms with E-state index >= 15 is 0 Å². The molecule has 19 heavy (non-hydrogen) atoms. The maximum Gasteiger partial charge on any atom is 0.182 e. The van der Waals surface area contributed by atoms with Crippen molar-refractivity contribution in [2.45, 2.75) is 32.1 Å². The van der Waals surface area contributed by atoms with Gasteiger partial charge in [0.1, 0.15) is 9.90 Å². The van der Waals surface area contributed by atoms with Gasteiger partial charge in [0, 0.05) is 19.3 Å². The second-order valence-corrected chi connectivity index (χ2v) is 8.98. The van der Waals surface area contributed by atoms with Gasteiger partial charge in [-0.3, -0.25) is 0 Å². The zero-order valence-electron chi connectivity index (χ0n) is 11.8. The van der Waals surface area contributed by atoms with Crippen molar-refractivity contribution in [2.24, 2.45) is 11.3 Å². The van der Waals surface area contributed by atoms with Crippen LogP contribution in [0.25, 0.3) is 0 Å². The Balaban J connectivity index is 2.31. The highest BCUT2D eigenvalue weighted by molar-refractivity contribution is 7.91.